The van der Waals surface area contributed by atoms with Crippen LogP contribution in [0, 0.1) is 6.92 Å². The Hall–Kier alpha value is -1.02. The van der Waals surface area contributed by atoms with Gasteiger partial charge >= 0.3 is 0 Å². The maximum atomic E-state index is 12.0. The van der Waals surface area contributed by atoms with E-state index < -0.39 is 0 Å². The van der Waals surface area contributed by atoms with Crippen molar-refractivity contribution in [2.45, 2.75) is 18.2 Å². The molecule has 0 fully saturated rings. The number of carbonyl (C=O) groups is 1. The molecule has 0 bridgehead atoms. The number of rotatable bonds is 6. The Morgan fingerprint density at radius 2 is 2.14 bits per heavy atom. The zero-order valence-corrected chi connectivity index (χ0v) is 15.1. The van der Waals surface area contributed by atoms with E-state index in [2.05, 4.69) is 20.8 Å². The van der Waals surface area contributed by atoms with Crippen LogP contribution in [0.2, 0.25) is 10.0 Å². The summed E-state index contributed by atoms with van der Waals surface area (Å²) in [6, 6.07) is 3.51. The minimum Gasteiger partial charge on any atom is -0.360 e. The SMILES string of the molecule is CCNc1nnc(SCC(=O)Nc2c(Cl)ccc(C)c2Cl)s1. The highest BCUT2D eigenvalue weighted by molar-refractivity contribution is 8.01. The van der Waals surface area contributed by atoms with Gasteiger partial charge in [0.05, 0.1) is 21.5 Å². The van der Waals surface area contributed by atoms with Crippen LogP contribution in [0.4, 0.5) is 10.8 Å². The number of benzene rings is 1. The number of amides is 1. The second-order valence-corrected chi connectivity index (χ2v) is 7.28. The van der Waals surface area contributed by atoms with Crippen molar-refractivity contribution in [1.29, 1.82) is 0 Å². The summed E-state index contributed by atoms with van der Waals surface area (Å²) in [4.78, 5) is 12.0. The van der Waals surface area contributed by atoms with E-state index in [-0.39, 0.29) is 11.7 Å². The first-order valence-corrected chi connectivity index (χ1v) is 9.01. The number of hydrogen-bond acceptors (Lipinski definition) is 6. The maximum Gasteiger partial charge on any atom is 0.234 e. The van der Waals surface area contributed by atoms with Gasteiger partial charge in [-0.3, -0.25) is 4.79 Å². The van der Waals surface area contributed by atoms with Gasteiger partial charge in [0.1, 0.15) is 0 Å². The van der Waals surface area contributed by atoms with Gasteiger partial charge in [-0.15, -0.1) is 10.2 Å². The van der Waals surface area contributed by atoms with Crippen LogP contribution in [-0.2, 0) is 4.79 Å². The zero-order valence-electron chi connectivity index (χ0n) is 11.9. The van der Waals surface area contributed by atoms with Gasteiger partial charge in [-0.25, -0.2) is 0 Å². The average molecular weight is 377 g/mol. The molecule has 118 valence electrons. The van der Waals surface area contributed by atoms with Crippen LogP contribution >= 0.6 is 46.3 Å². The highest BCUT2D eigenvalue weighted by Gasteiger charge is 2.13. The van der Waals surface area contributed by atoms with E-state index in [1.54, 1.807) is 12.1 Å². The molecule has 2 N–H and O–H groups in total. The van der Waals surface area contributed by atoms with Gasteiger partial charge < -0.3 is 10.6 Å². The van der Waals surface area contributed by atoms with Crippen molar-refractivity contribution >= 4 is 63.0 Å². The van der Waals surface area contributed by atoms with E-state index in [4.69, 9.17) is 23.2 Å². The lowest BCUT2D eigenvalue weighted by atomic mass is 10.2. The molecule has 2 aromatic rings. The molecule has 0 aliphatic carbocycles. The number of carbonyl (C=O) groups excluding carboxylic acids is 1. The number of aromatic nitrogens is 2. The Balaban J connectivity index is 1.94. The van der Waals surface area contributed by atoms with Gasteiger partial charge in [-0.05, 0) is 25.5 Å². The van der Waals surface area contributed by atoms with Crippen LogP contribution in [0.5, 0.6) is 0 Å². The molecular formula is C13H14Cl2N4OS2. The summed E-state index contributed by atoms with van der Waals surface area (Å²) >= 11 is 15.0. The summed E-state index contributed by atoms with van der Waals surface area (Å²) in [5.41, 5.74) is 1.30. The molecule has 1 aromatic carbocycles. The molecule has 0 saturated heterocycles. The summed E-state index contributed by atoms with van der Waals surface area (Å²) < 4.78 is 0.729. The molecule has 0 saturated carbocycles. The second-order valence-electron chi connectivity index (χ2n) is 4.29. The first-order chi connectivity index (χ1) is 10.5. The third-order valence-electron chi connectivity index (χ3n) is 2.61. The molecule has 0 aliphatic rings. The van der Waals surface area contributed by atoms with Crippen molar-refractivity contribution in [3.8, 4) is 0 Å². The minimum atomic E-state index is -0.195. The van der Waals surface area contributed by atoms with Crippen LogP contribution in [-0.4, -0.2) is 28.4 Å². The largest absolute Gasteiger partial charge is 0.360 e. The fraction of sp³-hybridized carbons (Fsp3) is 0.308. The Kier molecular flexibility index (Phi) is 6.31. The summed E-state index contributed by atoms with van der Waals surface area (Å²) in [7, 11) is 0. The summed E-state index contributed by atoms with van der Waals surface area (Å²) in [5, 5.41) is 15.4. The molecule has 0 unspecified atom stereocenters. The van der Waals surface area contributed by atoms with Gasteiger partial charge in [0, 0.05) is 6.54 Å². The summed E-state index contributed by atoms with van der Waals surface area (Å²) in [6.07, 6.45) is 0. The van der Waals surface area contributed by atoms with Crippen LogP contribution in [0.3, 0.4) is 0 Å². The van der Waals surface area contributed by atoms with E-state index in [1.807, 2.05) is 13.8 Å². The topological polar surface area (TPSA) is 66.9 Å². The Morgan fingerprint density at radius 3 is 2.86 bits per heavy atom. The molecule has 22 heavy (non-hydrogen) atoms. The lowest BCUT2D eigenvalue weighted by molar-refractivity contribution is -0.113. The molecule has 0 radical (unpaired) electrons. The van der Waals surface area contributed by atoms with Crippen molar-refractivity contribution in [3.63, 3.8) is 0 Å². The molecule has 2 rings (SSSR count). The zero-order chi connectivity index (χ0) is 16.1. The Labute approximate surface area is 146 Å². The minimum absolute atomic E-state index is 0.195. The van der Waals surface area contributed by atoms with E-state index in [0.29, 0.717) is 15.7 Å². The predicted octanol–water partition coefficient (Wildman–Crippen LogP) is 4.32. The number of anilines is 2. The van der Waals surface area contributed by atoms with Crippen molar-refractivity contribution in [2.24, 2.45) is 0 Å². The highest BCUT2D eigenvalue weighted by Crippen LogP contribution is 2.33. The van der Waals surface area contributed by atoms with Crippen molar-refractivity contribution in [3.05, 3.63) is 27.7 Å². The third-order valence-corrected chi connectivity index (χ3v) is 5.43. The van der Waals surface area contributed by atoms with Gasteiger partial charge in [0.25, 0.3) is 0 Å². The lowest BCUT2D eigenvalue weighted by Gasteiger charge is -2.10. The third kappa shape index (κ3) is 4.49. The summed E-state index contributed by atoms with van der Waals surface area (Å²) in [5.74, 6) is 0.0149. The van der Waals surface area contributed by atoms with Gasteiger partial charge in [0.15, 0.2) is 4.34 Å². The smallest absolute Gasteiger partial charge is 0.234 e. The maximum absolute atomic E-state index is 12.0. The van der Waals surface area contributed by atoms with Crippen LogP contribution in [0.25, 0.3) is 0 Å². The normalized spacial score (nSPS) is 10.5. The van der Waals surface area contributed by atoms with E-state index >= 15 is 0 Å². The van der Waals surface area contributed by atoms with Crippen molar-refractivity contribution in [1.82, 2.24) is 10.2 Å². The predicted molar refractivity (Wildman–Crippen MR) is 94.6 cm³/mol. The number of halogens is 2. The molecule has 5 nitrogen and oxygen atoms in total. The molecule has 1 aromatic heterocycles. The van der Waals surface area contributed by atoms with Crippen LogP contribution in [0.15, 0.2) is 16.5 Å². The molecule has 0 spiro atoms. The molecule has 1 heterocycles. The highest BCUT2D eigenvalue weighted by atomic mass is 35.5. The van der Waals surface area contributed by atoms with E-state index in [1.165, 1.54) is 23.1 Å². The standard InChI is InChI=1S/C13H14Cl2N4OS2/c1-3-16-12-18-19-13(22-12)21-6-9(20)17-11-8(14)5-4-7(2)10(11)15/h4-5H,3,6H2,1-2H3,(H,16,18)(H,17,20). The van der Waals surface area contributed by atoms with Crippen LogP contribution in [0.1, 0.15) is 12.5 Å². The van der Waals surface area contributed by atoms with Crippen molar-refractivity contribution in [2.75, 3.05) is 22.9 Å². The second kappa shape index (κ2) is 8.01. The summed E-state index contributed by atoms with van der Waals surface area (Å²) in [6.45, 7) is 4.62. The van der Waals surface area contributed by atoms with Gasteiger partial charge in [-0.1, -0.05) is 52.4 Å². The molecular weight excluding hydrogens is 363 g/mol. The fourth-order valence-corrected chi connectivity index (χ4v) is 3.65. The lowest BCUT2D eigenvalue weighted by Crippen LogP contribution is -2.14. The molecule has 9 heteroatoms. The Bertz CT molecular complexity index is 678. The molecule has 0 atom stereocenters. The number of hydrogen-bond donors (Lipinski definition) is 2. The molecule has 1 amide bonds. The quantitative estimate of drug-likeness (QED) is 0.734. The van der Waals surface area contributed by atoms with Gasteiger partial charge in [0.2, 0.25) is 11.0 Å². The number of nitrogens with one attached hydrogen (secondary N) is 2. The van der Waals surface area contributed by atoms with E-state index in [0.717, 1.165) is 21.6 Å². The average Bonchev–Trinajstić information content (AvgIpc) is 2.94. The monoisotopic (exact) mass is 376 g/mol. The first kappa shape index (κ1) is 17.3. The first-order valence-electron chi connectivity index (χ1n) is 6.46. The van der Waals surface area contributed by atoms with E-state index in [9.17, 15) is 4.79 Å². The number of thioether (sulfide) groups is 1. The van der Waals surface area contributed by atoms with Crippen LogP contribution < -0.4 is 10.6 Å². The van der Waals surface area contributed by atoms with Crippen molar-refractivity contribution < 1.29 is 4.79 Å². The van der Waals surface area contributed by atoms with Gasteiger partial charge in [-0.2, -0.15) is 0 Å². The molecule has 0 aliphatic heterocycles. The Morgan fingerprint density at radius 1 is 1.36 bits per heavy atom. The fourth-order valence-electron chi connectivity index (χ4n) is 1.56. The number of nitrogens with zero attached hydrogens (tertiary/aromatic N) is 2. The number of aryl methyl sites for hydroxylation is 1.